The molecule has 0 amide bonds. The van der Waals surface area contributed by atoms with Crippen LogP contribution in [0.25, 0.3) is 11.2 Å². The zero-order valence-corrected chi connectivity index (χ0v) is 18.7. The SMILES string of the molecule is C[C@@H]1CN(c2nc3c(c(=O)n(C)c(=O)n3C)n2Cc2c(Cl)cccc2Cl)C[C@@H](C)O1. The minimum atomic E-state index is -0.428. The number of anilines is 1. The van der Waals surface area contributed by atoms with Gasteiger partial charge in [0.05, 0.1) is 18.8 Å². The first kappa shape index (κ1) is 21.0. The van der Waals surface area contributed by atoms with E-state index in [4.69, 9.17) is 32.9 Å². The van der Waals surface area contributed by atoms with Crippen LogP contribution in [-0.4, -0.2) is 44.0 Å². The first-order chi connectivity index (χ1) is 14.2. The minimum Gasteiger partial charge on any atom is -0.372 e. The summed E-state index contributed by atoms with van der Waals surface area (Å²) < 4.78 is 10.1. The third-order valence-corrected chi connectivity index (χ3v) is 6.12. The fourth-order valence-electron chi connectivity index (χ4n) is 4.01. The molecule has 2 aromatic heterocycles. The number of aromatic nitrogens is 4. The van der Waals surface area contributed by atoms with E-state index in [1.54, 1.807) is 29.8 Å². The molecule has 0 unspecified atom stereocenters. The normalized spacial score (nSPS) is 19.6. The summed E-state index contributed by atoms with van der Waals surface area (Å²) in [6.07, 6.45) is -0.00451. The summed E-state index contributed by atoms with van der Waals surface area (Å²) in [5.74, 6) is 0.585. The van der Waals surface area contributed by atoms with Crippen molar-refractivity contribution in [3.05, 3.63) is 54.6 Å². The van der Waals surface area contributed by atoms with Gasteiger partial charge in [-0.3, -0.25) is 18.5 Å². The highest BCUT2D eigenvalue weighted by Gasteiger charge is 2.29. The lowest BCUT2D eigenvalue weighted by molar-refractivity contribution is -0.00585. The molecular formula is C20H23Cl2N5O3. The molecule has 1 aliphatic rings. The molecule has 1 aromatic carbocycles. The molecule has 0 radical (unpaired) electrons. The number of hydrogen-bond acceptors (Lipinski definition) is 5. The smallest absolute Gasteiger partial charge is 0.332 e. The molecular weight excluding hydrogens is 429 g/mol. The van der Waals surface area contributed by atoms with E-state index in [-0.39, 0.29) is 18.8 Å². The van der Waals surface area contributed by atoms with Crippen molar-refractivity contribution in [2.75, 3.05) is 18.0 Å². The average molecular weight is 452 g/mol. The lowest BCUT2D eigenvalue weighted by Gasteiger charge is -2.36. The van der Waals surface area contributed by atoms with Crippen molar-refractivity contribution in [3.63, 3.8) is 0 Å². The Hall–Kier alpha value is -2.29. The highest BCUT2D eigenvalue weighted by atomic mass is 35.5. The Balaban J connectivity index is 2.00. The van der Waals surface area contributed by atoms with Crippen molar-refractivity contribution in [1.29, 1.82) is 0 Å². The number of hydrogen-bond donors (Lipinski definition) is 0. The van der Waals surface area contributed by atoms with Gasteiger partial charge in [-0.25, -0.2) is 4.79 Å². The molecule has 0 saturated carbocycles. The maximum atomic E-state index is 13.1. The summed E-state index contributed by atoms with van der Waals surface area (Å²) >= 11 is 12.8. The Bertz CT molecular complexity index is 1220. The van der Waals surface area contributed by atoms with Gasteiger partial charge in [-0.05, 0) is 26.0 Å². The Morgan fingerprint density at radius 3 is 2.27 bits per heavy atom. The lowest BCUT2D eigenvalue weighted by atomic mass is 10.2. The molecule has 1 saturated heterocycles. The van der Waals surface area contributed by atoms with Gasteiger partial charge in [-0.1, -0.05) is 29.3 Å². The molecule has 4 rings (SSSR count). The molecule has 160 valence electrons. The van der Waals surface area contributed by atoms with Crippen LogP contribution in [-0.2, 0) is 25.4 Å². The Kier molecular flexibility index (Phi) is 5.42. The maximum Gasteiger partial charge on any atom is 0.332 e. The number of benzene rings is 1. The van der Waals surface area contributed by atoms with E-state index in [0.717, 1.165) is 4.57 Å². The summed E-state index contributed by atoms with van der Waals surface area (Å²) in [5.41, 5.74) is 0.504. The zero-order valence-electron chi connectivity index (χ0n) is 17.2. The van der Waals surface area contributed by atoms with Crippen LogP contribution in [0.5, 0.6) is 0 Å². The van der Waals surface area contributed by atoms with Gasteiger partial charge in [0, 0.05) is 42.8 Å². The summed E-state index contributed by atoms with van der Waals surface area (Å²) in [6.45, 7) is 5.46. The monoisotopic (exact) mass is 451 g/mol. The number of imidazole rings is 1. The molecule has 0 bridgehead atoms. The molecule has 0 aliphatic carbocycles. The van der Waals surface area contributed by atoms with Crippen molar-refractivity contribution in [2.24, 2.45) is 14.1 Å². The summed E-state index contributed by atoms with van der Waals surface area (Å²) in [5, 5.41) is 1.00. The minimum absolute atomic E-state index is 0.00225. The Morgan fingerprint density at radius 2 is 1.67 bits per heavy atom. The Morgan fingerprint density at radius 1 is 1.07 bits per heavy atom. The summed E-state index contributed by atoms with van der Waals surface area (Å²) in [4.78, 5) is 32.4. The summed E-state index contributed by atoms with van der Waals surface area (Å²) in [6, 6.07) is 5.29. The van der Waals surface area contributed by atoms with Crippen LogP contribution >= 0.6 is 23.2 Å². The fraction of sp³-hybridized carbons (Fsp3) is 0.450. The molecule has 2 atom stereocenters. The molecule has 1 aliphatic heterocycles. The third-order valence-electron chi connectivity index (χ3n) is 5.41. The van der Waals surface area contributed by atoms with Crippen LogP contribution in [0.15, 0.2) is 27.8 Å². The lowest BCUT2D eigenvalue weighted by Crippen LogP contribution is -2.46. The molecule has 0 N–H and O–H groups in total. The number of rotatable bonds is 3. The second-order valence-corrected chi connectivity index (χ2v) is 8.55. The van der Waals surface area contributed by atoms with Gasteiger partial charge in [0.25, 0.3) is 5.56 Å². The first-order valence-electron chi connectivity index (χ1n) is 9.68. The van der Waals surface area contributed by atoms with Gasteiger partial charge in [0.2, 0.25) is 5.95 Å². The molecule has 10 heteroatoms. The van der Waals surface area contributed by atoms with Crippen LogP contribution in [0.3, 0.4) is 0 Å². The number of ether oxygens (including phenoxy) is 1. The van der Waals surface area contributed by atoms with Gasteiger partial charge in [0.15, 0.2) is 11.2 Å². The van der Waals surface area contributed by atoms with Crippen LogP contribution in [0.4, 0.5) is 5.95 Å². The first-order valence-corrected chi connectivity index (χ1v) is 10.4. The number of nitrogens with zero attached hydrogens (tertiary/aromatic N) is 5. The van der Waals surface area contributed by atoms with Gasteiger partial charge in [-0.15, -0.1) is 0 Å². The second-order valence-electron chi connectivity index (χ2n) is 7.74. The van der Waals surface area contributed by atoms with E-state index in [1.165, 1.54) is 11.6 Å². The summed E-state index contributed by atoms with van der Waals surface area (Å²) in [7, 11) is 3.07. The maximum absolute atomic E-state index is 13.1. The van der Waals surface area contributed by atoms with Gasteiger partial charge < -0.3 is 9.64 Å². The van der Waals surface area contributed by atoms with E-state index < -0.39 is 11.2 Å². The van der Waals surface area contributed by atoms with Gasteiger partial charge >= 0.3 is 5.69 Å². The van der Waals surface area contributed by atoms with E-state index in [1.807, 2.05) is 13.8 Å². The predicted octanol–water partition coefficient (Wildman–Crippen LogP) is 2.40. The fourth-order valence-corrected chi connectivity index (χ4v) is 4.53. The largest absolute Gasteiger partial charge is 0.372 e. The van der Waals surface area contributed by atoms with Crippen molar-refractivity contribution >= 4 is 40.3 Å². The molecule has 3 heterocycles. The molecule has 8 nitrogen and oxygen atoms in total. The quantitative estimate of drug-likeness (QED) is 0.610. The topological polar surface area (TPSA) is 74.3 Å². The number of aryl methyl sites for hydroxylation is 1. The van der Waals surface area contributed by atoms with Crippen LogP contribution < -0.4 is 16.1 Å². The number of halogens is 2. The standard InChI is InChI=1S/C20H23Cl2N5O3/c1-11-8-26(9-12(2)30-11)19-23-17-16(18(28)25(4)20(29)24(17)3)27(19)10-13-14(21)6-5-7-15(13)22/h5-7,11-12H,8-10H2,1-4H3/t11-,12-/m1/s1. The third kappa shape index (κ3) is 3.42. The predicted molar refractivity (Wildman–Crippen MR) is 118 cm³/mol. The van der Waals surface area contributed by atoms with Crippen molar-refractivity contribution in [2.45, 2.75) is 32.6 Å². The van der Waals surface area contributed by atoms with Crippen molar-refractivity contribution in [3.8, 4) is 0 Å². The molecule has 3 aromatic rings. The van der Waals surface area contributed by atoms with Crippen LogP contribution in [0, 0.1) is 0 Å². The average Bonchev–Trinajstić information content (AvgIpc) is 3.06. The van der Waals surface area contributed by atoms with E-state index in [9.17, 15) is 9.59 Å². The molecule has 30 heavy (non-hydrogen) atoms. The number of fused-ring (bicyclic) bond motifs is 1. The van der Waals surface area contributed by atoms with Gasteiger partial charge in [0.1, 0.15) is 0 Å². The highest BCUT2D eigenvalue weighted by Crippen LogP contribution is 2.29. The Labute approximate surface area is 183 Å². The van der Waals surface area contributed by atoms with E-state index in [2.05, 4.69) is 4.90 Å². The highest BCUT2D eigenvalue weighted by molar-refractivity contribution is 6.36. The molecule has 1 fully saturated rings. The second kappa shape index (κ2) is 7.76. The van der Waals surface area contributed by atoms with Crippen molar-refractivity contribution in [1.82, 2.24) is 18.7 Å². The van der Waals surface area contributed by atoms with Crippen LogP contribution in [0.1, 0.15) is 19.4 Å². The van der Waals surface area contributed by atoms with Crippen molar-refractivity contribution < 1.29 is 4.74 Å². The number of morpholine rings is 1. The van der Waals surface area contributed by atoms with E-state index >= 15 is 0 Å². The van der Waals surface area contributed by atoms with E-state index in [0.29, 0.717) is 45.8 Å². The molecule has 0 spiro atoms. The van der Waals surface area contributed by atoms with Gasteiger partial charge in [-0.2, -0.15) is 4.98 Å². The van der Waals surface area contributed by atoms with Crippen LogP contribution in [0.2, 0.25) is 10.0 Å². The zero-order chi connectivity index (χ0) is 21.7.